The second-order valence-corrected chi connectivity index (χ2v) is 4.06. The predicted molar refractivity (Wildman–Crippen MR) is 54.7 cm³/mol. The molecule has 0 aromatic rings. The van der Waals surface area contributed by atoms with E-state index in [2.05, 4.69) is 12.2 Å². The summed E-state index contributed by atoms with van der Waals surface area (Å²) in [7, 11) is 1.74. The van der Waals surface area contributed by atoms with Crippen LogP contribution in [-0.2, 0) is 4.74 Å². The topological polar surface area (TPSA) is 47.3 Å². The molecular weight excluding hydrogens is 164 g/mol. The van der Waals surface area contributed by atoms with Crippen molar-refractivity contribution in [2.45, 2.75) is 38.3 Å². The molecular formula is C10H22N2O. The predicted octanol–water partition coefficient (Wildman–Crippen LogP) is 0.738. The Labute approximate surface area is 81.0 Å². The molecule has 1 aliphatic rings. The van der Waals surface area contributed by atoms with E-state index in [-0.39, 0.29) is 0 Å². The van der Waals surface area contributed by atoms with Crippen LogP contribution in [0.3, 0.4) is 0 Å². The minimum Gasteiger partial charge on any atom is -0.383 e. The van der Waals surface area contributed by atoms with Gasteiger partial charge in [0.1, 0.15) is 0 Å². The average molecular weight is 186 g/mol. The molecule has 0 radical (unpaired) electrons. The van der Waals surface area contributed by atoms with Crippen LogP contribution in [-0.4, -0.2) is 32.3 Å². The lowest BCUT2D eigenvalue weighted by Crippen LogP contribution is -2.42. The van der Waals surface area contributed by atoms with Gasteiger partial charge in [0.2, 0.25) is 0 Å². The van der Waals surface area contributed by atoms with E-state index in [0.717, 1.165) is 13.2 Å². The highest BCUT2D eigenvalue weighted by atomic mass is 16.5. The van der Waals surface area contributed by atoms with Gasteiger partial charge in [-0.2, -0.15) is 0 Å². The third-order valence-electron chi connectivity index (χ3n) is 2.88. The van der Waals surface area contributed by atoms with Crippen molar-refractivity contribution in [1.29, 1.82) is 0 Å². The van der Waals surface area contributed by atoms with E-state index in [4.69, 9.17) is 10.5 Å². The highest BCUT2D eigenvalue weighted by Crippen LogP contribution is 2.24. The number of nitrogens with two attached hydrogens (primary N) is 1. The summed E-state index contributed by atoms with van der Waals surface area (Å²) < 4.78 is 5.09. The summed E-state index contributed by atoms with van der Waals surface area (Å²) in [5.74, 6) is 0.680. The highest BCUT2D eigenvalue weighted by molar-refractivity contribution is 4.85. The van der Waals surface area contributed by atoms with Crippen molar-refractivity contribution >= 4 is 0 Å². The van der Waals surface area contributed by atoms with Gasteiger partial charge >= 0.3 is 0 Å². The third-order valence-corrected chi connectivity index (χ3v) is 2.88. The maximum atomic E-state index is 5.70. The Hall–Kier alpha value is -0.120. The first-order valence-electron chi connectivity index (χ1n) is 5.23. The van der Waals surface area contributed by atoms with E-state index in [1.54, 1.807) is 7.11 Å². The summed E-state index contributed by atoms with van der Waals surface area (Å²) in [5.41, 5.74) is 5.70. The lowest BCUT2D eigenvalue weighted by Gasteiger charge is -2.23. The lowest BCUT2D eigenvalue weighted by molar-refractivity contribution is 0.163. The molecule has 0 aromatic heterocycles. The van der Waals surface area contributed by atoms with Gasteiger partial charge in [-0.3, -0.25) is 0 Å². The maximum Gasteiger partial charge on any atom is 0.0613 e. The zero-order valence-electron chi connectivity index (χ0n) is 8.75. The van der Waals surface area contributed by atoms with Gasteiger partial charge in [0.05, 0.1) is 6.61 Å². The SMILES string of the molecule is COCC(C)NC1CCCC1CN. The Morgan fingerprint density at radius 3 is 2.92 bits per heavy atom. The molecule has 3 nitrogen and oxygen atoms in total. The van der Waals surface area contributed by atoms with Crippen LogP contribution in [0.15, 0.2) is 0 Å². The lowest BCUT2D eigenvalue weighted by atomic mass is 10.0. The molecule has 78 valence electrons. The van der Waals surface area contributed by atoms with Gasteiger partial charge in [-0.15, -0.1) is 0 Å². The number of hydrogen-bond acceptors (Lipinski definition) is 3. The molecule has 3 unspecified atom stereocenters. The summed E-state index contributed by atoms with van der Waals surface area (Å²) >= 11 is 0. The standard InChI is InChI=1S/C10H22N2O/c1-8(7-13-2)12-10-5-3-4-9(10)6-11/h8-10,12H,3-7,11H2,1-2H3. The summed E-state index contributed by atoms with van der Waals surface area (Å²) in [6.07, 6.45) is 3.88. The van der Waals surface area contributed by atoms with Gasteiger partial charge < -0.3 is 15.8 Å². The van der Waals surface area contributed by atoms with Crippen molar-refractivity contribution in [2.75, 3.05) is 20.3 Å². The van der Waals surface area contributed by atoms with E-state index in [1.807, 2.05) is 0 Å². The quantitative estimate of drug-likeness (QED) is 0.665. The first kappa shape index (κ1) is 11.0. The number of nitrogens with one attached hydrogen (secondary N) is 1. The minimum atomic E-state index is 0.446. The molecule has 0 aromatic carbocycles. The smallest absolute Gasteiger partial charge is 0.0613 e. The first-order chi connectivity index (χ1) is 6.27. The fourth-order valence-electron chi connectivity index (χ4n) is 2.20. The van der Waals surface area contributed by atoms with Gasteiger partial charge in [0.25, 0.3) is 0 Å². The van der Waals surface area contributed by atoms with Crippen molar-refractivity contribution in [3.63, 3.8) is 0 Å². The fourth-order valence-corrected chi connectivity index (χ4v) is 2.20. The van der Waals surface area contributed by atoms with Crippen LogP contribution >= 0.6 is 0 Å². The Morgan fingerprint density at radius 2 is 2.31 bits per heavy atom. The van der Waals surface area contributed by atoms with Crippen LogP contribution in [0.1, 0.15) is 26.2 Å². The third kappa shape index (κ3) is 3.25. The van der Waals surface area contributed by atoms with Crippen LogP contribution in [0.5, 0.6) is 0 Å². The van der Waals surface area contributed by atoms with E-state index >= 15 is 0 Å². The Morgan fingerprint density at radius 1 is 1.54 bits per heavy atom. The monoisotopic (exact) mass is 186 g/mol. The molecule has 0 saturated heterocycles. The van der Waals surface area contributed by atoms with E-state index in [9.17, 15) is 0 Å². The molecule has 0 aliphatic heterocycles. The maximum absolute atomic E-state index is 5.70. The van der Waals surface area contributed by atoms with Crippen LogP contribution in [0.2, 0.25) is 0 Å². The zero-order valence-corrected chi connectivity index (χ0v) is 8.75. The molecule has 1 aliphatic carbocycles. The molecule has 3 atom stereocenters. The van der Waals surface area contributed by atoms with Crippen molar-refractivity contribution in [1.82, 2.24) is 5.32 Å². The molecule has 0 amide bonds. The van der Waals surface area contributed by atoms with Crippen LogP contribution in [0.25, 0.3) is 0 Å². The second-order valence-electron chi connectivity index (χ2n) is 4.06. The summed E-state index contributed by atoms with van der Waals surface area (Å²) in [5, 5.41) is 3.58. The van der Waals surface area contributed by atoms with Crippen molar-refractivity contribution < 1.29 is 4.74 Å². The molecule has 1 rings (SSSR count). The van der Waals surface area contributed by atoms with Crippen LogP contribution in [0, 0.1) is 5.92 Å². The Bertz CT molecular complexity index is 141. The van der Waals surface area contributed by atoms with Crippen molar-refractivity contribution in [3.05, 3.63) is 0 Å². The molecule has 1 fully saturated rings. The second kappa shape index (κ2) is 5.58. The molecule has 1 saturated carbocycles. The number of hydrogen-bond donors (Lipinski definition) is 2. The number of methoxy groups -OCH3 is 1. The number of ether oxygens (including phenoxy) is 1. The first-order valence-corrected chi connectivity index (χ1v) is 5.23. The number of rotatable bonds is 5. The fraction of sp³-hybridized carbons (Fsp3) is 1.00. The van der Waals surface area contributed by atoms with E-state index in [0.29, 0.717) is 18.0 Å². The Balaban J connectivity index is 2.26. The van der Waals surface area contributed by atoms with E-state index in [1.165, 1.54) is 19.3 Å². The molecule has 3 N–H and O–H groups in total. The van der Waals surface area contributed by atoms with Gasteiger partial charge in [0.15, 0.2) is 0 Å². The molecule has 13 heavy (non-hydrogen) atoms. The van der Waals surface area contributed by atoms with Crippen molar-refractivity contribution in [2.24, 2.45) is 11.7 Å². The minimum absolute atomic E-state index is 0.446. The Kier molecular flexibility index (Phi) is 4.70. The summed E-state index contributed by atoms with van der Waals surface area (Å²) in [4.78, 5) is 0. The van der Waals surface area contributed by atoms with Gasteiger partial charge in [-0.05, 0) is 32.2 Å². The molecule has 0 spiro atoms. The molecule has 0 bridgehead atoms. The van der Waals surface area contributed by atoms with Crippen molar-refractivity contribution in [3.8, 4) is 0 Å². The highest BCUT2D eigenvalue weighted by Gasteiger charge is 2.26. The molecule has 0 heterocycles. The molecule has 3 heteroatoms. The summed E-state index contributed by atoms with van der Waals surface area (Å²) in [6, 6.07) is 1.07. The largest absolute Gasteiger partial charge is 0.383 e. The van der Waals surface area contributed by atoms with Gasteiger partial charge in [0, 0.05) is 19.2 Å². The van der Waals surface area contributed by atoms with Gasteiger partial charge in [-0.1, -0.05) is 6.42 Å². The van der Waals surface area contributed by atoms with Crippen LogP contribution in [0.4, 0.5) is 0 Å². The van der Waals surface area contributed by atoms with Crippen LogP contribution < -0.4 is 11.1 Å². The van der Waals surface area contributed by atoms with E-state index < -0.39 is 0 Å². The van der Waals surface area contributed by atoms with Gasteiger partial charge in [-0.25, -0.2) is 0 Å². The summed E-state index contributed by atoms with van der Waals surface area (Å²) in [6.45, 7) is 3.76. The normalized spacial score (nSPS) is 30.7. The zero-order chi connectivity index (χ0) is 9.68. The average Bonchev–Trinajstić information content (AvgIpc) is 2.52.